The van der Waals surface area contributed by atoms with Crippen molar-refractivity contribution in [2.24, 2.45) is 12.0 Å². The van der Waals surface area contributed by atoms with Gasteiger partial charge in [0.15, 0.2) is 11.7 Å². The van der Waals surface area contributed by atoms with Crippen molar-refractivity contribution in [2.45, 2.75) is 45.7 Å². The van der Waals surface area contributed by atoms with Crippen LogP contribution in [-0.4, -0.2) is 39.9 Å². The van der Waals surface area contributed by atoms with E-state index >= 15 is 0 Å². The minimum atomic E-state index is 0. The van der Waals surface area contributed by atoms with Gasteiger partial charge in [-0.25, -0.2) is 0 Å². The van der Waals surface area contributed by atoms with Gasteiger partial charge in [-0.05, 0) is 12.8 Å². The molecule has 0 amide bonds. The van der Waals surface area contributed by atoms with Gasteiger partial charge in [-0.2, -0.15) is 5.10 Å². The number of hydrogen-bond donors (Lipinski definition) is 1. The van der Waals surface area contributed by atoms with E-state index in [2.05, 4.69) is 39.3 Å². The fourth-order valence-corrected chi connectivity index (χ4v) is 2.76. The lowest BCUT2D eigenvalue weighted by atomic mass is 9.99. The fraction of sp³-hybridized carbons (Fsp3) is 0.588. The minimum absolute atomic E-state index is 0. The third-order valence-corrected chi connectivity index (χ3v) is 4.15. The number of nitrogens with zero attached hydrogens (tertiary/aromatic N) is 5. The molecule has 0 atom stereocenters. The second kappa shape index (κ2) is 10.4. The number of nitrogens with one attached hydrogen (secondary N) is 1. The molecular weight excluding hydrogens is 431 g/mol. The van der Waals surface area contributed by atoms with Crippen LogP contribution in [0.5, 0.6) is 0 Å². The van der Waals surface area contributed by atoms with Crippen molar-refractivity contribution in [1.29, 1.82) is 0 Å². The number of guanidine groups is 1. The molecule has 25 heavy (non-hydrogen) atoms. The molecule has 2 aromatic rings. The van der Waals surface area contributed by atoms with Gasteiger partial charge in [0, 0.05) is 51.4 Å². The third-order valence-electron chi connectivity index (χ3n) is 4.15. The van der Waals surface area contributed by atoms with Gasteiger partial charge in [0.05, 0.1) is 18.4 Å². The molecule has 0 spiro atoms. The summed E-state index contributed by atoms with van der Waals surface area (Å²) in [5.74, 6) is 2.10. The SMILES string of the molecule is CCC(CC)c1cc(CNC(=NC)N(C)Cc2cnn(C)c2)on1.I. The number of aliphatic imine (C=N–C) groups is 1. The molecule has 7 nitrogen and oxygen atoms in total. The monoisotopic (exact) mass is 460 g/mol. The highest BCUT2D eigenvalue weighted by Crippen LogP contribution is 2.22. The molecule has 2 rings (SSSR count). The van der Waals surface area contributed by atoms with Crippen molar-refractivity contribution < 1.29 is 4.52 Å². The highest BCUT2D eigenvalue weighted by molar-refractivity contribution is 14.0. The second-order valence-electron chi connectivity index (χ2n) is 6.01. The van der Waals surface area contributed by atoms with Crippen LogP contribution in [0.4, 0.5) is 0 Å². The van der Waals surface area contributed by atoms with Crippen LogP contribution in [0.25, 0.3) is 0 Å². The van der Waals surface area contributed by atoms with E-state index in [1.165, 1.54) is 0 Å². The first-order valence-electron chi connectivity index (χ1n) is 8.42. The molecule has 0 aliphatic heterocycles. The fourth-order valence-electron chi connectivity index (χ4n) is 2.76. The number of aromatic nitrogens is 3. The Balaban J connectivity index is 0.00000312. The summed E-state index contributed by atoms with van der Waals surface area (Å²) in [4.78, 5) is 6.37. The van der Waals surface area contributed by atoms with Gasteiger partial charge >= 0.3 is 0 Å². The van der Waals surface area contributed by atoms with Crippen LogP contribution in [0.15, 0.2) is 28.0 Å². The zero-order chi connectivity index (χ0) is 17.5. The topological polar surface area (TPSA) is 71.5 Å². The van der Waals surface area contributed by atoms with Crippen LogP contribution in [0, 0.1) is 0 Å². The van der Waals surface area contributed by atoms with Gasteiger partial charge in [-0.1, -0.05) is 19.0 Å². The summed E-state index contributed by atoms with van der Waals surface area (Å²) in [5, 5.41) is 11.7. The maximum absolute atomic E-state index is 5.45. The first-order chi connectivity index (χ1) is 11.6. The molecule has 8 heteroatoms. The Morgan fingerprint density at radius 3 is 2.68 bits per heavy atom. The predicted molar refractivity (Wildman–Crippen MR) is 110 cm³/mol. The molecule has 0 saturated heterocycles. The highest BCUT2D eigenvalue weighted by Gasteiger charge is 2.14. The quantitative estimate of drug-likeness (QED) is 0.391. The molecule has 2 heterocycles. The van der Waals surface area contributed by atoms with E-state index in [1.54, 1.807) is 11.7 Å². The molecular formula is C17H29IN6O. The van der Waals surface area contributed by atoms with Crippen LogP contribution in [0.2, 0.25) is 0 Å². The summed E-state index contributed by atoms with van der Waals surface area (Å²) in [7, 11) is 5.69. The Hall–Kier alpha value is -1.58. The van der Waals surface area contributed by atoms with E-state index < -0.39 is 0 Å². The Kier molecular flexibility index (Phi) is 8.95. The zero-order valence-corrected chi connectivity index (χ0v) is 18.0. The Morgan fingerprint density at radius 2 is 2.12 bits per heavy atom. The highest BCUT2D eigenvalue weighted by atomic mass is 127. The summed E-state index contributed by atoms with van der Waals surface area (Å²) >= 11 is 0. The van der Waals surface area contributed by atoms with Gasteiger partial charge in [0.2, 0.25) is 0 Å². The Morgan fingerprint density at radius 1 is 1.40 bits per heavy atom. The summed E-state index contributed by atoms with van der Waals surface area (Å²) in [5.41, 5.74) is 2.18. The third kappa shape index (κ3) is 6.02. The van der Waals surface area contributed by atoms with Crippen LogP contribution in [0.1, 0.15) is 49.6 Å². The molecule has 0 fully saturated rings. The zero-order valence-electron chi connectivity index (χ0n) is 15.7. The molecule has 0 aliphatic carbocycles. The molecule has 140 valence electrons. The number of hydrogen-bond acceptors (Lipinski definition) is 4. The number of aryl methyl sites for hydroxylation is 1. The average molecular weight is 460 g/mol. The molecule has 0 aliphatic rings. The summed E-state index contributed by atoms with van der Waals surface area (Å²) in [6.07, 6.45) is 6.02. The van der Waals surface area contributed by atoms with E-state index in [9.17, 15) is 0 Å². The van der Waals surface area contributed by atoms with E-state index in [-0.39, 0.29) is 24.0 Å². The van der Waals surface area contributed by atoms with Gasteiger partial charge in [0.1, 0.15) is 0 Å². The van der Waals surface area contributed by atoms with Crippen LogP contribution < -0.4 is 5.32 Å². The molecule has 0 radical (unpaired) electrons. The van der Waals surface area contributed by atoms with E-state index in [1.807, 2.05) is 32.6 Å². The largest absolute Gasteiger partial charge is 0.359 e. The van der Waals surface area contributed by atoms with Crippen LogP contribution in [0.3, 0.4) is 0 Å². The summed E-state index contributed by atoms with van der Waals surface area (Å²) < 4.78 is 7.25. The van der Waals surface area contributed by atoms with Gasteiger partial charge < -0.3 is 14.7 Å². The van der Waals surface area contributed by atoms with Crippen molar-refractivity contribution >= 4 is 29.9 Å². The van der Waals surface area contributed by atoms with Gasteiger partial charge in [-0.3, -0.25) is 9.67 Å². The Labute approximate surface area is 166 Å². The lowest BCUT2D eigenvalue weighted by Gasteiger charge is -2.20. The van der Waals surface area contributed by atoms with Crippen molar-refractivity contribution in [3.05, 3.63) is 35.5 Å². The Bertz CT molecular complexity index is 662. The van der Waals surface area contributed by atoms with Crippen molar-refractivity contribution in [2.75, 3.05) is 14.1 Å². The van der Waals surface area contributed by atoms with E-state index in [0.29, 0.717) is 12.5 Å². The van der Waals surface area contributed by atoms with Crippen LogP contribution in [-0.2, 0) is 20.1 Å². The first kappa shape index (κ1) is 21.5. The lowest BCUT2D eigenvalue weighted by molar-refractivity contribution is 0.365. The van der Waals surface area contributed by atoms with Crippen LogP contribution >= 0.6 is 24.0 Å². The predicted octanol–water partition coefficient (Wildman–Crippen LogP) is 3.14. The maximum atomic E-state index is 5.45. The minimum Gasteiger partial charge on any atom is -0.359 e. The summed E-state index contributed by atoms with van der Waals surface area (Å²) in [6, 6.07) is 2.04. The molecule has 1 N–H and O–H groups in total. The van der Waals surface area contributed by atoms with E-state index in [0.717, 1.165) is 42.4 Å². The number of rotatable bonds is 7. The van der Waals surface area contributed by atoms with E-state index in [4.69, 9.17) is 4.52 Å². The normalized spacial score (nSPS) is 11.5. The van der Waals surface area contributed by atoms with Crippen molar-refractivity contribution in [1.82, 2.24) is 25.2 Å². The number of halogens is 1. The first-order valence-corrected chi connectivity index (χ1v) is 8.42. The lowest BCUT2D eigenvalue weighted by Crippen LogP contribution is -2.37. The standard InChI is InChI=1S/C17H28N6O.HI/c1-6-14(7-2)16-8-15(24-21-16)10-19-17(18-3)22(4)11-13-9-20-23(5)12-13;/h8-9,12,14H,6-7,10-11H2,1-5H3,(H,18,19);1H. The maximum Gasteiger partial charge on any atom is 0.194 e. The second-order valence-corrected chi connectivity index (χ2v) is 6.01. The molecule has 0 bridgehead atoms. The molecule has 0 saturated carbocycles. The molecule has 0 aromatic carbocycles. The van der Waals surface area contributed by atoms with Gasteiger partial charge in [0.25, 0.3) is 0 Å². The summed E-state index contributed by atoms with van der Waals surface area (Å²) in [6.45, 7) is 5.66. The smallest absolute Gasteiger partial charge is 0.194 e. The molecule has 0 unspecified atom stereocenters. The molecule has 2 aromatic heterocycles. The van der Waals surface area contributed by atoms with Crippen molar-refractivity contribution in [3.8, 4) is 0 Å². The van der Waals surface area contributed by atoms with Gasteiger partial charge in [-0.15, -0.1) is 24.0 Å². The van der Waals surface area contributed by atoms with Crippen molar-refractivity contribution in [3.63, 3.8) is 0 Å². The average Bonchev–Trinajstić information content (AvgIpc) is 3.19.